The van der Waals surface area contributed by atoms with E-state index in [2.05, 4.69) is 15.3 Å². The molecule has 10 heteroatoms. The van der Waals surface area contributed by atoms with E-state index >= 15 is 0 Å². The Morgan fingerprint density at radius 3 is 2.59 bits per heavy atom. The fourth-order valence-electron chi connectivity index (χ4n) is 4.37. The SMILES string of the molecule is OC1(c2cccnc2Oc2ccc3c(nnn3CC3CC3)c2Cl)CCC(C(F)(F)F)CC1. The van der Waals surface area contributed by atoms with Crippen molar-refractivity contribution in [1.29, 1.82) is 0 Å². The lowest BCUT2D eigenvalue weighted by molar-refractivity contribution is -0.193. The minimum absolute atomic E-state index is 0.0263. The summed E-state index contributed by atoms with van der Waals surface area (Å²) in [5.41, 5.74) is 0.218. The summed E-state index contributed by atoms with van der Waals surface area (Å²) in [6.07, 6.45) is -0.729. The number of benzene rings is 1. The number of hydrogen-bond acceptors (Lipinski definition) is 5. The van der Waals surface area contributed by atoms with Crippen LogP contribution >= 0.6 is 11.6 Å². The molecule has 0 atom stereocenters. The molecule has 2 aromatic heterocycles. The van der Waals surface area contributed by atoms with Crippen molar-refractivity contribution in [2.75, 3.05) is 0 Å². The van der Waals surface area contributed by atoms with Crippen LogP contribution in [0.15, 0.2) is 30.5 Å². The van der Waals surface area contributed by atoms with Gasteiger partial charge >= 0.3 is 6.18 Å². The lowest BCUT2D eigenvalue weighted by Crippen LogP contribution is -2.36. The normalized spacial score (nSPS) is 24.1. The Kier molecular flexibility index (Phi) is 5.28. The molecule has 2 saturated carbocycles. The first-order valence-electron chi connectivity index (χ1n) is 10.7. The highest BCUT2D eigenvalue weighted by Gasteiger charge is 2.46. The van der Waals surface area contributed by atoms with Gasteiger partial charge in [0.1, 0.15) is 10.5 Å². The summed E-state index contributed by atoms with van der Waals surface area (Å²) in [5, 5.41) is 19.8. The van der Waals surface area contributed by atoms with E-state index in [9.17, 15) is 18.3 Å². The molecule has 3 aromatic rings. The van der Waals surface area contributed by atoms with E-state index in [4.69, 9.17) is 16.3 Å². The molecule has 2 heterocycles. The van der Waals surface area contributed by atoms with Crippen molar-refractivity contribution in [2.45, 2.75) is 56.8 Å². The standard InChI is InChI=1S/C22H22ClF3N4O2/c23-18-17(6-5-16-19(18)28-29-30(16)12-13-3-4-13)32-20-15(2-1-11-27-20)21(31)9-7-14(8-10-21)22(24,25)26/h1-2,5-6,11,13-14,31H,3-4,7-10,12H2. The van der Waals surface area contributed by atoms with Crippen molar-refractivity contribution in [3.05, 3.63) is 41.0 Å². The molecule has 2 aliphatic carbocycles. The van der Waals surface area contributed by atoms with Crippen LogP contribution in [0.5, 0.6) is 11.6 Å². The summed E-state index contributed by atoms with van der Waals surface area (Å²) in [7, 11) is 0. The Morgan fingerprint density at radius 2 is 1.91 bits per heavy atom. The zero-order valence-corrected chi connectivity index (χ0v) is 17.9. The first-order valence-corrected chi connectivity index (χ1v) is 11.1. The van der Waals surface area contributed by atoms with Crippen LogP contribution in [0.3, 0.4) is 0 Å². The molecule has 1 aromatic carbocycles. The quantitative estimate of drug-likeness (QED) is 0.528. The number of rotatable bonds is 5. The first-order chi connectivity index (χ1) is 15.2. The third kappa shape index (κ3) is 4.03. The smallest absolute Gasteiger partial charge is 0.391 e. The largest absolute Gasteiger partial charge is 0.437 e. The van der Waals surface area contributed by atoms with Gasteiger partial charge in [-0.3, -0.25) is 0 Å². The highest BCUT2D eigenvalue weighted by molar-refractivity contribution is 6.36. The van der Waals surface area contributed by atoms with Crippen LogP contribution < -0.4 is 4.74 Å². The summed E-state index contributed by atoms with van der Waals surface area (Å²) in [4.78, 5) is 4.23. The third-order valence-corrected chi connectivity index (χ3v) is 6.84. The topological polar surface area (TPSA) is 73.1 Å². The van der Waals surface area contributed by atoms with E-state index in [1.54, 1.807) is 18.2 Å². The molecule has 1 N–H and O–H groups in total. The minimum Gasteiger partial charge on any atom is -0.437 e. The van der Waals surface area contributed by atoms with E-state index in [1.165, 1.54) is 19.0 Å². The van der Waals surface area contributed by atoms with Crippen LogP contribution in [0.4, 0.5) is 13.2 Å². The zero-order valence-electron chi connectivity index (χ0n) is 17.1. The molecule has 0 spiro atoms. The fraction of sp³-hybridized carbons (Fsp3) is 0.500. The molecule has 2 aliphatic rings. The molecule has 0 bridgehead atoms. The lowest BCUT2D eigenvalue weighted by Gasteiger charge is -2.37. The molecule has 2 fully saturated rings. The Labute approximate surface area is 187 Å². The molecule has 0 amide bonds. The molecule has 6 nitrogen and oxygen atoms in total. The van der Waals surface area contributed by atoms with Gasteiger partial charge in [0.15, 0.2) is 5.75 Å². The van der Waals surface area contributed by atoms with Crippen LogP contribution in [0.1, 0.15) is 44.1 Å². The second-order valence-electron chi connectivity index (χ2n) is 8.77. The average molecular weight is 467 g/mol. The maximum absolute atomic E-state index is 13.1. The Morgan fingerprint density at radius 1 is 1.16 bits per heavy atom. The second-order valence-corrected chi connectivity index (χ2v) is 9.14. The van der Waals surface area contributed by atoms with Crippen LogP contribution in [0.2, 0.25) is 5.02 Å². The molecule has 0 unspecified atom stereocenters. The number of alkyl halides is 3. The maximum Gasteiger partial charge on any atom is 0.391 e. The summed E-state index contributed by atoms with van der Waals surface area (Å²) in [6.45, 7) is 0.795. The van der Waals surface area contributed by atoms with Crippen LogP contribution in [-0.2, 0) is 12.1 Å². The highest BCUT2D eigenvalue weighted by atomic mass is 35.5. The molecule has 0 aliphatic heterocycles. The van der Waals surface area contributed by atoms with Gasteiger partial charge in [0.2, 0.25) is 5.88 Å². The summed E-state index contributed by atoms with van der Waals surface area (Å²) < 4.78 is 47.0. The van der Waals surface area contributed by atoms with Gasteiger partial charge in [-0.1, -0.05) is 16.8 Å². The monoisotopic (exact) mass is 466 g/mol. The van der Waals surface area contributed by atoms with Crippen molar-refractivity contribution >= 4 is 22.6 Å². The lowest BCUT2D eigenvalue weighted by atomic mass is 9.75. The zero-order chi connectivity index (χ0) is 22.5. The van der Waals surface area contributed by atoms with Crippen LogP contribution in [0.25, 0.3) is 11.0 Å². The van der Waals surface area contributed by atoms with Gasteiger partial charge in [-0.15, -0.1) is 5.10 Å². The summed E-state index contributed by atoms with van der Waals surface area (Å²) >= 11 is 6.54. The molecule has 32 heavy (non-hydrogen) atoms. The van der Waals surface area contributed by atoms with Crippen molar-refractivity contribution in [3.63, 3.8) is 0 Å². The number of nitrogens with zero attached hydrogens (tertiary/aromatic N) is 4. The number of halogens is 4. The fourth-order valence-corrected chi connectivity index (χ4v) is 4.60. The molecule has 0 radical (unpaired) electrons. The van der Waals surface area contributed by atoms with E-state index in [0.29, 0.717) is 22.7 Å². The van der Waals surface area contributed by atoms with Gasteiger partial charge in [-0.05, 0) is 68.7 Å². The van der Waals surface area contributed by atoms with Gasteiger partial charge in [-0.25, -0.2) is 9.67 Å². The third-order valence-electron chi connectivity index (χ3n) is 6.47. The molecular formula is C22H22ClF3N4O2. The van der Waals surface area contributed by atoms with E-state index in [1.807, 2.05) is 10.7 Å². The van der Waals surface area contributed by atoms with Gasteiger partial charge in [0.05, 0.1) is 17.0 Å². The van der Waals surface area contributed by atoms with E-state index in [0.717, 1.165) is 12.1 Å². The van der Waals surface area contributed by atoms with Crippen molar-refractivity contribution in [1.82, 2.24) is 20.0 Å². The molecule has 5 rings (SSSR count). The van der Waals surface area contributed by atoms with Gasteiger partial charge in [0.25, 0.3) is 0 Å². The molecule has 170 valence electrons. The Balaban J connectivity index is 1.41. The summed E-state index contributed by atoms with van der Waals surface area (Å²) in [5.74, 6) is -0.366. The van der Waals surface area contributed by atoms with Crippen molar-refractivity contribution < 1.29 is 23.0 Å². The first kappa shape index (κ1) is 21.5. The van der Waals surface area contributed by atoms with E-state index in [-0.39, 0.29) is 36.6 Å². The van der Waals surface area contributed by atoms with Crippen molar-refractivity contribution in [2.24, 2.45) is 11.8 Å². The Hall–Kier alpha value is -2.39. The van der Waals surface area contributed by atoms with Gasteiger partial charge in [-0.2, -0.15) is 13.2 Å². The number of ether oxygens (including phenoxy) is 1. The summed E-state index contributed by atoms with van der Waals surface area (Å²) in [6, 6.07) is 6.78. The predicted octanol–water partition coefficient (Wildman–Crippen LogP) is 5.62. The number of aromatic nitrogens is 4. The predicted molar refractivity (Wildman–Crippen MR) is 111 cm³/mol. The number of aliphatic hydroxyl groups is 1. The molecular weight excluding hydrogens is 445 g/mol. The van der Waals surface area contributed by atoms with Gasteiger partial charge < -0.3 is 9.84 Å². The second kappa shape index (κ2) is 7.88. The number of pyridine rings is 1. The van der Waals surface area contributed by atoms with Gasteiger partial charge in [0, 0.05) is 18.3 Å². The maximum atomic E-state index is 13.1. The Bertz CT molecular complexity index is 1140. The average Bonchev–Trinajstić information content (AvgIpc) is 3.48. The van der Waals surface area contributed by atoms with E-state index < -0.39 is 17.7 Å². The van der Waals surface area contributed by atoms with Crippen LogP contribution in [-0.4, -0.2) is 31.3 Å². The van der Waals surface area contributed by atoms with Crippen molar-refractivity contribution in [3.8, 4) is 11.6 Å². The number of hydrogen-bond donors (Lipinski definition) is 1. The van der Waals surface area contributed by atoms with Crippen LogP contribution in [0, 0.1) is 11.8 Å². The highest BCUT2D eigenvalue weighted by Crippen LogP contribution is 2.47. The minimum atomic E-state index is -4.25. The molecule has 0 saturated heterocycles. The number of fused-ring (bicyclic) bond motifs is 1.